The van der Waals surface area contributed by atoms with E-state index in [1.54, 1.807) is 0 Å². The van der Waals surface area contributed by atoms with E-state index in [1.165, 1.54) is 49.8 Å². The summed E-state index contributed by atoms with van der Waals surface area (Å²) in [6, 6.07) is 117. The van der Waals surface area contributed by atoms with Crippen molar-refractivity contribution in [2.45, 2.75) is 5.41 Å². The van der Waals surface area contributed by atoms with Crippen molar-refractivity contribution in [3.63, 3.8) is 0 Å². The maximum Gasteiger partial charge on any atom is 0.252 e. The molecule has 388 valence electrons. The third-order valence-corrected chi connectivity index (χ3v) is 17.8. The number of hydrogen-bond acceptors (Lipinski definition) is 2. The minimum Gasteiger partial charge on any atom is -0.310 e. The Labute approximate surface area is 490 Å². The van der Waals surface area contributed by atoms with Gasteiger partial charge >= 0.3 is 0 Å². The fourth-order valence-electron chi connectivity index (χ4n) is 14.2. The Kier molecular flexibility index (Phi) is 11.6. The first kappa shape index (κ1) is 48.7. The molecule has 0 amide bonds. The maximum atomic E-state index is 7.48. The second-order valence-corrected chi connectivity index (χ2v) is 22.4. The third-order valence-electron chi connectivity index (χ3n) is 17.6. The SMILES string of the molecule is Clc1ccc2c(c1)N(c1c(-c3ccccc3)cccc1-c1ccccc1)c1cc(C3(c4ccccc4)c4ccccc4-c4ccccc43)cc3c1B2c1cc(-c2ccccc2)ccc1N3c1c(-c2ccccc2)cccc1-c1ccccc1. The topological polar surface area (TPSA) is 6.48 Å². The molecule has 0 unspecified atom stereocenters. The summed E-state index contributed by atoms with van der Waals surface area (Å²) in [5, 5.41) is 0.673. The highest BCUT2D eigenvalue weighted by molar-refractivity contribution is 7.00. The first-order valence-corrected chi connectivity index (χ1v) is 29.0. The van der Waals surface area contributed by atoms with Crippen molar-refractivity contribution >= 4 is 68.8 Å². The molecule has 4 heteroatoms. The van der Waals surface area contributed by atoms with Crippen molar-refractivity contribution in [2.24, 2.45) is 0 Å². The largest absolute Gasteiger partial charge is 0.310 e. The van der Waals surface area contributed by atoms with E-state index in [-0.39, 0.29) is 6.71 Å². The third kappa shape index (κ3) is 7.66. The Balaban J connectivity index is 1.13. The molecule has 1 aliphatic carbocycles. The molecule has 0 fully saturated rings. The lowest BCUT2D eigenvalue weighted by atomic mass is 9.33. The number of benzene rings is 13. The molecular formula is C79H52BClN2. The lowest BCUT2D eigenvalue weighted by Gasteiger charge is -2.47. The van der Waals surface area contributed by atoms with E-state index in [4.69, 9.17) is 11.6 Å². The highest BCUT2D eigenvalue weighted by Gasteiger charge is 2.50. The molecule has 0 N–H and O–H groups in total. The lowest BCUT2D eigenvalue weighted by molar-refractivity contribution is 0.768. The minimum atomic E-state index is -0.763. The van der Waals surface area contributed by atoms with Gasteiger partial charge in [-0.25, -0.2) is 0 Å². The van der Waals surface area contributed by atoms with Gasteiger partial charge in [0.05, 0.1) is 16.8 Å². The first-order chi connectivity index (χ1) is 41.1. The summed E-state index contributed by atoms with van der Waals surface area (Å²) in [5.41, 5.74) is 28.1. The van der Waals surface area contributed by atoms with Gasteiger partial charge in [-0.05, 0) is 113 Å². The number of fused-ring (bicyclic) bond motifs is 7. The van der Waals surface area contributed by atoms with Gasteiger partial charge in [-0.3, -0.25) is 0 Å². The van der Waals surface area contributed by atoms with E-state index in [2.05, 4.69) is 325 Å². The fraction of sp³-hybridized carbons (Fsp3) is 0.0127. The van der Waals surface area contributed by atoms with Crippen LogP contribution in [0.1, 0.15) is 22.3 Å². The van der Waals surface area contributed by atoms with Gasteiger partial charge in [-0.2, -0.15) is 0 Å². The zero-order chi connectivity index (χ0) is 55.0. The van der Waals surface area contributed by atoms with Gasteiger partial charge in [-0.15, -0.1) is 0 Å². The van der Waals surface area contributed by atoms with Crippen LogP contribution in [0, 0.1) is 0 Å². The molecule has 3 aliphatic rings. The Morgan fingerprint density at radius 3 is 1.13 bits per heavy atom. The first-order valence-electron chi connectivity index (χ1n) is 28.6. The van der Waals surface area contributed by atoms with E-state index in [9.17, 15) is 0 Å². The van der Waals surface area contributed by atoms with Crippen LogP contribution in [0.5, 0.6) is 0 Å². The molecule has 2 nitrogen and oxygen atoms in total. The minimum absolute atomic E-state index is 0.226. The normalized spacial score (nSPS) is 13.1. The van der Waals surface area contributed by atoms with Crippen LogP contribution in [-0.4, -0.2) is 6.71 Å². The highest BCUT2D eigenvalue weighted by Crippen LogP contribution is 2.60. The van der Waals surface area contributed by atoms with Gasteiger partial charge in [-0.1, -0.05) is 297 Å². The number of anilines is 6. The van der Waals surface area contributed by atoms with Crippen LogP contribution in [0.2, 0.25) is 5.02 Å². The van der Waals surface area contributed by atoms with Crippen molar-refractivity contribution in [2.75, 3.05) is 9.80 Å². The molecule has 0 spiro atoms. The monoisotopic (exact) mass is 1070 g/mol. The molecule has 0 bridgehead atoms. The lowest BCUT2D eigenvalue weighted by Crippen LogP contribution is -2.61. The van der Waals surface area contributed by atoms with Crippen molar-refractivity contribution in [3.8, 4) is 66.8 Å². The van der Waals surface area contributed by atoms with Gasteiger partial charge < -0.3 is 9.80 Å². The summed E-state index contributed by atoms with van der Waals surface area (Å²) in [7, 11) is 0. The number of rotatable bonds is 9. The molecular weight excluding hydrogens is 1020 g/mol. The summed E-state index contributed by atoms with van der Waals surface area (Å²) in [6.07, 6.45) is 0. The zero-order valence-corrected chi connectivity index (χ0v) is 46.1. The summed E-state index contributed by atoms with van der Waals surface area (Å²) >= 11 is 7.48. The number of hydrogen-bond donors (Lipinski definition) is 0. The average molecular weight is 1080 g/mol. The van der Waals surface area contributed by atoms with Crippen molar-refractivity contribution < 1.29 is 0 Å². The highest BCUT2D eigenvalue weighted by atomic mass is 35.5. The Morgan fingerprint density at radius 1 is 0.265 bits per heavy atom. The van der Waals surface area contributed by atoms with Crippen molar-refractivity contribution in [1.82, 2.24) is 0 Å². The number of nitrogens with zero attached hydrogens (tertiary/aromatic N) is 2. The summed E-state index contributed by atoms with van der Waals surface area (Å²) in [4.78, 5) is 5.25. The Hall–Kier alpha value is -10.2. The molecule has 16 rings (SSSR count). The molecule has 13 aromatic carbocycles. The maximum absolute atomic E-state index is 7.48. The molecule has 2 heterocycles. The molecule has 2 aliphatic heterocycles. The molecule has 83 heavy (non-hydrogen) atoms. The fourth-order valence-corrected chi connectivity index (χ4v) is 14.3. The van der Waals surface area contributed by atoms with Gasteiger partial charge in [0.2, 0.25) is 0 Å². The van der Waals surface area contributed by atoms with Crippen LogP contribution >= 0.6 is 11.6 Å². The van der Waals surface area contributed by atoms with Gasteiger partial charge in [0.1, 0.15) is 0 Å². The number of para-hydroxylation sites is 2. The van der Waals surface area contributed by atoms with Crippen LogP contribution in [0.3, 0.4) is 0 Å². The molecule has 0 saturated carbocycles. The predicted molar refractivity (Wildman–Crippen MR) is 350 cm³/mol. The number of halogens is 1. The van der Waals surface area contributed by atoms with E-state index < -0.39 is 5.41 Å². The van der Waals surface area contributed by atoms with E-state index in [0.29, 0.717) is 5.02 Å². The summed E-state index contributed by atoms with van der Waals surface area (Å²) in [6.45, 7) is -0.226. The zero-order valence-electron chi connectivity index (χ0n) is 45.4. The molecule has 0 radical (unpaired) electrons. The van der Waals surface area contributed by atoms with Crippen LogP contribution < -0.4 is 26.2 Å². The van der Waals surface area contributed by atoms with Gasteiger partial charge in [0.15, 0.2) is 0 Å². The molecule has 13 aromatic rings. The van der Waals surface area contributed by atoms with Crippen LogP contribution in [0.15, 0.2) is 315 Å². The van der Waals surface area contributed by atoms with E-state index in [1.807, 2.05) is 0 Å². The second kappa shape index (κ2) is 19.8. The predicted octanol–water partition coefficient (Wildman–Crippen LogP) is 19.1. The standard InChI is InChI=1S/C79H52BClN2/c81-61-46-47-70-73(52-61)83(78-64(56-31-13-4-14-32-56)41-24-42-65(78)57-33-15-5-16-34-57)75-51-60(79(59-35-17-6-18-36-59)68-43-21-19-37-66(68)67-38-20-22-44-69(67)79)50-74-76(75)80(70)71-49-58(53-25-7-1-8-26-53)45-48-72(71)82(74)77-62(54-27-9-2-10-28-54)39-23-40-63(77)55-29-11-3-12-30-55/h1-52H. The quantitative estimate of drug-likeness (QED) is 0.133. The Morgan fingerprint density at radius 2 is 0.663 bits per heavy atom. The molecule has 0 saturated heterocycles. The van der Waals surface area contributed by atoms with Crippen molar-refractivity contribution in [1.29, 1.82) is 0 Å². The average Bonchev–Trinajstić information content (AvgIpc) is 2.99. The summed E-state index contributed by atoms with van der Waals surface area (Å²) in [5.74, 6) is 0. The smallest absolute Gasteiger partial charge is 0.252 e. The van der Waals surface area contributed by atoms with Crippen LogP contribution in [0.25, 0.3) is 66.8 Å². The van der Waals surface area contributed by atoms with Crippen LogP contribution in [0.4, 0.5) is 34.1 Å². The second-order valence-electron chi connectivity index (χ2n) is 21.9. The van der Waals surface area contributed by atoms with Crippen LogP contribution in [-0.2, 0) is 5.41 Å². The van der Waals surface area contributed by atoms with Crippen molar-refractivity contribution in [3.05, 3.63) is 343 Å². The molecule has 0 aromatic heterocycles. The van der Waals surface area contributed by atoms with Gasteiger partial charge in [0, 0.05) is 50.0 Å². The van der Waals surface area contributed by atoms with E-state index in [0.717, 1.165) is 89.8 Å². The molecule has 0 atom stereocenters. The Bertz CT molecular complexity index is 4460. The van der Waals surface area contributed by atoms with E-state index >= 15 is 0 Å². The van der Waals surface area contributed by atoms with Gasteiger partial charge in [0.25, 0.3) is 6.71 Å². The summed E-state index contributed by atoms with van der Waals surface area (Å²) < 4.78 is 0.